The Kier molecular flexibility index (Phi) is 5.17. The van der Waals surface area contributed by atoms with E-state index in [0.29, 0.717) is 25.2 Å². The van der Waals surface area contributed by atoms with E-state index in [2.05, 4.69) is 6.92 Å². The van der Waals surface area contributed by atoms with Crippen LogP contribution < -0.4 is 0 Å². The summed E-state index contributed by atoms with van der Waals surface area (Å²) in [6, 6.07) is 0. The van der Waals surface area contributed by atoms with Gasteiger partial charge in [0.1, 0.15) is 11.9 Å². The lowest BCUT2D eigenvalue weighted by Crippen LogP contribution is -2.46. The molecule has 4 nitrogen and oxygen atoms in total. The van der Waals surface area contributed by atoms with Crippen molar-refractivity contribution in [1.82, 2.24) is 0 Å². The summed E-state index contributed by atoms with van der Waals surface area (Å²) in [5.74, 6) is 1.01. The first-order valence-corrected chi connectivity index (χ1v) is 9.75. The molecule has 3 aliphatic carbocycles. The number of hydrogen-bond acceptors (Lipinski definition) is 4. The molecule has 25 heavy (non-hydrogen) atoms. The highest BCUT2D eigenvalue weighted by molar-refractivity contribution is 5.91. The van der Waals surface area contributed by atoms with Gasteiger partial charge in [0.25, 0.3) is 0 Å². The summed E-state index contributed by atoms with van der Waals surface area (Å²) >= 11 is 0. The van der Waals surface area contributed by atoms with Gasteiger partial charge in [-0.3, -0.25) is 14.4 Å². The van der Waals surface area contributed by atoms with Gasteiger partial charge < -0.3 is 4.74 Å². The first kappa shape index (κ1) is 18.3. The summed E-state index contributed by atoms with van der Waals surface area (Å²) in [5, 5.41) is 0. The number of carbonyl (C=O) groups is 3. The summed E-state index contributed by atoms with van der Waals surface area (Å²) in [7, 11) is 0. The topological polar surface area (TPSA) is 60.4 Å². The molecule has 0 unspecified atom stereocenters. The van der Waals surface area contributed by atoms with Crippen molar-refractivity contribution in [3.05, 3.63) is 11.6 Å². The molecule has 0 amide bonds. The minimum Gasteiger partial charge on any atom is -0.462 e. The van der Waals surface area contributed by atoms with E-state index in [1.807, 2.05) is 13.0 Å². The first-order chi connectivity index (χ1) is 11.8. The molecule has 3 rings (SSSR count). The number of allylic oxidation sites excluding steroid dienone is 2. The number of Topliss-reactive ketones (excluding diaryl/α,β-unsaturated/α-hetero) is 1. The van der Waals surface area contributed by atoms with Gasteiger partial charge in [0.15, 0.2) is 5.78 Å². The van der Waals surface area contributed by atoms with Crippen molar-refractivity contribution in [2.75, 3.05) is 0 Å². The second kappa shape index (κ2) is 7.05. The average Bonchev–Trinajstić information content (AvgIpc) is 2.60. The van der Waals surface area contributed by atoms with Crippen molar-refractivity contribution in [1.29, 1.82) is 0 Å². The van der Waals surface area contributed by atoms with E-state index < -0.39 is 0 Å². The molecule has 0 aliphatic heterocycles. The van der Waals surface area contributed by atoms with E-state index in [0.717, 1.165) is 32.1 Å². The summed E-state index contributed by atoms with van der Waals surface area (Å²) in [6.45, 7) is 5.77. The van der Waals surface area contributed by atoms with Crippen LogP contribution in [-0.2, 0) is 19.1 Å². The predicted molar refractivity (Wildman–Crippen MR) is 94.8 cm³/mol. The van der Waals surface area contributed by atoms with Crippen LogP contribution in [0.4, 0.5) is 0 Å². The van der Waals surface area contributed by atoms with Gasteiger partial charge in [-0.15, -0.1) is 0 Å². The first-order valence-electron chi connectivity index (χ1n) is 9.75. The number of ether oxygens (including phenoxy) is 1. The molecule has 2 fully saturated rings. The molecule has 0 aromatic heterocycles. The van der Waals surface area contributed by atoms with Crippen LogP contribution in [0, 0.1) is 23.2 Å². The fourth-order valence-electron chi connectivity index (χ4n) is 5.42. The minimum absolute atomic E-state index is 0.00231. The summed E-state index contributed by atoms with van der Waals surface area (Å²) < 4.78 is 5.70. The van der Waals surface area contributed by atoms with Gasteiger partial charge >= 0.3 is 5.97 Å². The molecule has 4 heteroatoms. The van der Waals surface area contributed by atoms with Crippen LogP contribution in [0.5, 0.6) is 0 Å². The van der Waals surface area contributed by atoms with E-state index in [1.165, 1.54) is 12.5 Å². The monoisotopic (exact) mass is 346 g/mol. The Bertz CT molecular complexity index is 605. The maximum atomic E-state index is 12.4. The van der Waals surface area contributed by atoms with Crippen LogP contribution in [-0.4, -0.2) is 23.6 Å². The third-order valence-electron chi connectivity index (χ3n) is 6.97. The second-order valence-corrected chi connectivity index (χ2v) is 8.49. The van der Waals surface area contributed by atoms with E-state index in [4.69, 9.17) is 4.74 Å². The molecule has 0 spiro atoms. The average molecular weight is 346 g/mol. The van der Waals surface area contributed by atoms with Crippen molar-refractivity contribution in [2.45, 2.75) is 78.2 Å². The van der Waals surface area contributed by atoms with Gasteiger partial charge in [-0.05, 0) is 61.9 Å². The van der Waals surface area contributed by atoms with Crippen molar-refractivity contribution in [2.24, 2.45) is 23.2 Å². The molecule has 0 radical (unpaired) electrons. The largest absolute Gasteiger partial charge is 0.462 e. The van der Waals surface area contributed by atoms with E-state index in [1.54, 1.807) is 0 Å². The predicted octanol–water partition coefficient (Wildman–Crippen LogP) is 4.02. The van der Waals surface area contributed by atoms with Gasteiger partial charge in [-0.1, -0.05) is 19.4 Å². The van der Waals surface area contributed by atoms with Crippen LogP contribution >= 0.6 is 0 Å². The highest BCUT2D eigenvalue weighted by atomic mass is 16.5. The van der Waals surface area contributed by atoms with Crippen LogP contribution in [0.25, 0.3) is 0 Å². The lowest BCUT2D eigenvalue weighted by Gasteiger charge is -2.51. The molecule has 0 saturated heterocycles. The van der Waals surface area contributed by atoms with Crippen molar-refractivity contribution in [3.8, 4) is 0 Å². The SMILES string of the molecule is CC(=O)O[C@@H]1CCC(=O)[C@@H](C)CC[C@H]2[C@H]1CCC1=CC(=O)CC[C@@]12C. The Morgan fingerprint density at radius 2 is 1.88 bits per heavy atom. The zero-order valence-electron chi connectivity index (χ0n) is 15.7. The Morgan fingerprint density at radius 1 is 1.12 bits per heavy atom. The maximum absolute atomic E-state index is 12.4. The molecule has 5 atom stereocenters. The number of fused-ring (bicyclic) bond motifs is 3. The van der Waals surface area contributed by atoms with Gasteiger partial charge in [0.2, 0.25) is 0 Å². The fraction of sp³-hybridized carbons (Fsp3) is 0.762. The fourth-order valence-corrected chi connectivity index (χ4v) is 5.42. The Morgan fingerprint density at radius 3 is 2.60 bits per heavy atom. The molecule has 0 heterocycles. The molecule has 0 N–H and O–H groups in total. The van der Waals surface area contributed by atoms with Crippen LogP contribution in [0.15, 0.2) is 11.6 Å². The van der Waals surface area contributed by atoms with Crippen molar-refractivity contribution in [3.63, 3.8) is 0 Å². The maximum Gasteiger partial charge on any atom is 0.302 e. The number of carbonyl (C=O) groups excluding carboxylic acids is 3. The molecule has 0 bridgehead atoms. The van der Waals surface area contributed by atoms with Crippen LogP contribution in [0.2, 0.25) is 0 Å². The molecule has 2 saturated carbocycles. The Balaban J connectivity index is 1.95. The van der Waals surface area contributed by atoms with Gasteiger partial charge in [-0.25, -0.2) is 0 Å². The normalized spacial score (nSPS) is 39.2. The molecule has 0 aromatic carbocycles. The Labute approximate surface area is 150 Å². The molecule has 0 aromatic rings. The molecule has 138 valence electrons. The summed E-state index contributed by atoms with van der Waals surface area (Å²) in [4.78, 5) is 35.9. The Hall–Kier alpha value is -1.45. The second-order valence-electron chi connectivity index (χ2n) is 8.49. The number of ketones is 2. The number of hydrogen-bond donors (Lipinski definition) is 0. The van der Waals surface area contributed by atoms with Gasteiger partial charge in [0.05, 0.1) is 0 Å². The van der Waals surface area contributed by atoms with Crippen LogP contribution in [0.1, 0.15) is 72.1 Å². The lowest BCUT2D eigenvalue weighted by atomic mass is 9.54. The summed E-state index contributed by atoms with van der Waals surface area (Å²) in [5.41, 5.74) is 1.28. The van der Waals surface area contributed by atoms with E-state index in [9.17, 15) is 14.4 Å². The minimum atomic E-state index is -0.256. The lowest BCUT2D eigenvalue weighted by molar-refractivity contribution is -0.153. The quantitative estimate of drug-likeness (QED) is 0.673. The van der Waals surface area contributed by atoms with Crippen LogP contribution in [0.3, 0.4) is 0 Å². The molecular weight excluding hydrogens is 316 g/mol. The zero-order chi connectivity index (χ0) is 18.2. The van der Waals surface area contributed by atoms with E-state index in [-0.39, 0.29) is 40.9 Å². The summed E-state index contributed by atoms with van der Waals surface area (Å²) in [6.07, 6.45) is 8.04. The highest BCUT2D eigenvalue weighted by Gasteiger charge is 2.49. The van der Waals surface area contributed by atoms with Crippen molar-refractivity contribution < 1.29 is 19.1 Å². The van der Waals surface area contributed by atoms with Gasteiger partial charge in [-0.2, -0.15) is 0 Å². The third-order valence-corrected chi connectivity index (χ3v) is 6.97. The molecule has 3 aliphatic rings. The standard InChI is InChI=1S/C21H30O4/c1-13-4-7-18-17(20(25-14(2)22)9-8-19(13)24)6-5-15-12-16(23)10-11-21(15,18)3/h12-13,17-18,20H,4-11H2,1-3H3/t13-,17+,18-,20+,21-/m0/s1. The number of esters is 1. The zero-order valence-corrected chi connectivity index (χ0v) is 15.7. The number of rotatable bonds is 1. The van der Waals surface area contributed by atoms with Gasteiger partial charge in [0, 0.05) is 25.7 Å². The molecular formula is C21H30O4. The smallest absolute Gasteiger partial charge is 0.302 e. The van der Waals surface area contributed by atoms with Crippen molar-refractivity contribution >= 4 is 17.5 Å². The highest BCUT2D eigenvalue weighted by Crippen LogP contribution is 2.56. The van der Waals surface area contributed by atoms with E-state index >= 15 is 0 Å². The third kappa shape index (κ3) is 3.58.